The zero-order valence-electron chi connectivity index (χ0n) is 17.4. The Bertz CT molecular complexity index is 943. The maximum atomic E-state index is 11.8. The van der Waals surface area contributed by atoms with Gasteiger partial charge in [-0.05, 0) is 87.7 Å². The number of thiazole rings is 1. The molecule has 0 radical (unpaired) electrons. The molecule has 158 valence electrons. The van der Waals surface area contributed by atoms with Crippen LogP contribution in [0, 0.1) is 27.9 Å². The van der Waals surface area contributed by atoms with Gasteiger partial charge in [-0.25, -0.2) is 4.98 Å². The van der Waals surface area contributed by atoms with Gasteiger partial charge in [0.05, 0.1) is 10.6 Å². The average molecular weight is 424 g/mol. The van der Waals surface area contributed by atoms with Crippen molar-refractivity contribution >= 4 is 22.7 Å². The van der Waals surface area contributed by atoms with Crippen LogP contribution in [-0.4, -0.2) is 23.0 Å². The van der Waals surface area contributed by atoms with Gasteiger partial charge in [-0.1, -0.05) is 0 Å². The van der Waals surface area contributed by atoms with E-state index in [4.69, 9.17) is 4.98 Å². The minimum atomic E-state index is -0.221. The van der Waals surface area contributed by atoms with Crippen molar-refractivity contribution < 1.29 is 4.92 Å². The molecule has 1 saturated heterocycles. The van der Waals surface area contributed by atoms with Crippen LogP contribution < -0.4 is 4.90 Å². The highest BCUT2D eigenvalue weighted by atomic mass is 32.1. The van der Waals surface area contributed by atoms with Crippen LogP contribution in [0.25, 0.3) is 10.6 Å². The van der Waals surface area contributed by atoms with Gasteiger partial charge in [-0.3, -0.25) is 10.1 Å². The Labute approximate surface area is 181 Å². The number of piperidine rings is 1. The third kappa shape index (κ3) is 3.06. The molecule has 30 heavy (non-hydrogen) atoms. The second-order valence-corrected chi connectivity index (χ2v) is 11.1. The number of hydrogen-bond donors (Lipinski definition) is 0. The lowest BCUT2D eigenvalue weighted by atomic mass is 9.49. The molecule has 1 aromatic carbocycles. The summed E-state index contributed by atoms with van der Waals surface area (Å²) < 4.78 is 0. The van der Waals surface area contributed by atoms with E-state index in [9.17, 15) is 10.1 Å². The second kappa shape index (κ2) is 7.04. The van der Waals surface area contributed by atoms with E-state index >= 15 is 0 Å². The van der Waals surface area contributed by atoms with Crippen LogP contribution in [0.2, 0.25) is 0 Å². The lowest BCUT2D eigenvalue weighted by Gasteiger charge is -2.56. The van der Waals surface area contributed by atoms with E-state index in [1.165, 1.54) is 50.6 Å². The predicted molar refractivity (Wildman–Crippen MR) is 120 cm³/mol. The average Bonchev–Trinajstić information content (AvgIpc) is 3.24. The van der Waals surface area contributed by atoms with Crippen LogP contribution >= 0.6 is 11.3 Å². The monoisotopic (exact) mass is 423 g/mol. The Hall–Kier alpha value is -1.95. The smallest absolute Gasteiger partial charge is 0.293 e. The highest BCUT2D eigenvalue weighted by molar-refractivity contribution is 7.13. The van der Waals surface area contributed by atoms with Crippen molar-refractivity contribution in [2.75, 3.05) is 18.0 Å². The van der Waals surface area contributed by atoms with Crippen LogP contribution in [0.15, 0.2) is 23.6 Å². The van der Waals surface area contributed by atoms with Crippen molar-refractivity contribution in [3.63, 3.8) is 0 Å². The Morgan fingerprint density at radius 2 is 1.70 bits per heavy atom. The number of rotatable bonds is 4. The lowest BCUT2D eigenvalue weighted by molar-refractivity contribution is -0.384. The van der Waals surface area contributed by atoms with Gasteiger partial charge in [0.1, 0.15) is 10.7 Å². The Kier molecular flexibility index (Phi) is 4.41. The predicted octanol–water partition coefficient (Wildman–Crippen LogP) is 6.18. The quantitative estimate of drug-likeness (QED) is 0.435. The Morgan fingerprint density at radius 3 is 2.33 bits per heavy atom. The molecule has 6 heteroatoms. The minimum Gasteiger partial charge on any atom is -0.366 e. The second-order valence-electron chi connectivity index (χ2n) is 10.2. The zero-order valence-corrected chi connectivity index (χ0v) is 18.2. The molecule has 1 aliphatic heterocycles. The molecule has 0 amide bonds. The molecule has 0 spiro atoms. The minimum absolute atomic E-state index is 0.221. The number of nitro benzene ring substituents is 1. The first kappa shape index (κ1) is 18.8. The molecular weight excluding hydrogens is 394 g/mol. The normalized spacial score (nSPS) is 32.5. The summed E-state index contributed by atoms with van der Waals surface area (Å²) >= 11 is 1.67. The maximum Gasteiger partial charge on any atom is 0.293 e. The number of nitro groups is 1. The largest absolute Gasteiger partial charge is 0.366 e. The molecule has 1 aromatic heterocycles. The third-order valence-corrected chi connectivity index (χ3v) is 9.09. The first-order valence-corrected chi connectivity index (χ1v) is 12.5. The van der Waals surface area contributed by atoms with E-state index in [-0.39, 0.29) is 16.0 Å². The van der Waals surface area contributed by atoms with Crippen molar-refractivity contribution in [3.8, 4) is 10.6 Å². The van der Waals surface area contributed by atoms with E-state index in [1.807, 2.05) is 12.1 Å². The van der Waals surface area contributed by atoms with Crippen molar-refractivity contribution in [3.05, 3.63) is 39.4 Å². The molecule has 5 aliphatic rings. The zero-order chi connectivity index (χ0) is 20.3. The van der Waals surface area contributed by atoms with Crippen LogP contribution in [-0.2, 0) is 5.41 Å². The van der Waals surface area contributed by atoms with Crippen LogP contribution in [0.3, 0.4) is 0 Å². The fraction of sp³-hybridized carbons (Fsp3) is 0.625. The van der Waals surface area contributed by atoms with Crippen LogP contribution in [0.5, 0.6) is 0 Å². The van der Waals surface area contributed by atoms with Gasteiger partial charge in [0, 0.05) is 35.5 Å². The molecule has 4 bridgehead atoms. The van der Waals surface area contributed by atoms with E-state index < -0.39 is 0 Å². The third-order valence-electron chi connectivity index (χ3n) is 8.20. The molecule has 5 fully saturated rings. The number of anilines is 1. The van der Waals surface area contributed by atoms with Gasteiger partial charge in [0.2, 0.25) is 0 Å². The first-order valence-electron chi connectivity index (χ1n) is 11.6. The fourth-order valence-electron chi connectivity index (χ4n) is 7.28. The summed E-state index contributed by atoms with van der Waals surface area (Å²) in [5.74, 6) is 2.68. The molecule has 5 nitrogen and oxygen atoms in total. The van der Waals surface area contributed by atoms with E-state index in [0.717, 1.165) is 59.9 Å². The number of aromatic nitrogens is 1. The molecule has 2 aromatic rings. The van der Waals surface area contributed by atoms with E-state index in [0.29, 0.717) is 0 Å². The summed E-state index contributed by atoms with van der Waals surface area (Å²) in [6.07, 6.45) is 11.6. The molecule has 2 heterocycles. The van der Waals surface area contributed by atoms with E-state index in [2.05, 4.69) is 10.3 Å². The SMILES string of the molecule is O=[N+]([O-])c1cc(-c2nc(C34CC5CC(CC(C5)C3)C4)cs2)ccc1N1CCCCC1. The van der Waals surface area contributed by atoms with Gasteiger partial charge in [-0.2, -0.15) is 0 Å². The molecular formula is C24H29N3O2S. The first-order chi connectivity index (χ1) is 14.6. The molecule has 0 atom stereocenters. The lowest BCUT2D eigenvalue weighted by Crippen LogP contribution is -2.48. The Balaban J connectivity index is 1.32. The number of benzene rings is 1. The summed E-state index contributed by atoms with van der Waals surface area (Å²) in [6.45, 7) is 1.82. The number of nitrogens with zero attached hydrogens (tertiary/aromatic N) is 3. The topological polar surface area (TPSA) is 59.3 Å². The summed E-state index contributed by atoms with van der Waals surface area (Å²) in [4.78, 5) is 18.9. The molecule has 0 unspecified atom stereocenters. The fourth-order valence-corrected chi connectivity index (χ4v) is 8.22. The van der Waals surface area contributed by atoms with Crippen molar-refractivity contribution in [1.82, 2.24) is 4.98 Å². The molecule has 0 N–H and O–H groups in total. The van der Waals surface area contributed by atoms with Gasteiger partial charge in [-0.15, -0.1) is 11.3 Å². The van der Waals surface area contributed by atoms with Gasteiger partial charge < -0.3 is 4.90 Å². The van der Waals surface area contributed by atoms with Gasteiger partial charge in [0.25, 0.3) is 5.69 Å². The molecule has 4 aliphatic carbocycles. The van der Waals surface area contributed by atoms with Crippen molar-refractivity contribution in [1.29, 1.82) is 0 Å². The number of hydrogen-bond acceptors (Lipinski definition) is 5. The molecule has 7 rings (SSSR count). The van der Waals surface area contributed by atoms with E-state index in [1.54, 1.807) is 17.4 Å². The molecule has 4 saturated carbocycles. The highest BCUT2D eigenvalue weighted by Crippen LogP contribution is 2.60. The summed E-state index contributed by atoms with van der Waals surface area (Å²) in [6, 6.07) is 5.75. The van der Waals surface area contributed by atoms with Gasteiger partial charge in [0.15, 0.2) is 0 Å². The summed E-state index contributed by atoms with van der Waals surface area (Å²) in [5, 5.41) is 15.0. The maximum absolute atomic E-state index is 11.8. The standard InChI is InChI=1S/C24H29N3O2S/c28-27(29)21-11-19(4-5-20(21)26-6-2-1-3-7-26)23-25-22(15-30-23)24-12-16-8-17(13-24)10-18(9-16)14-24/h4-5,11,15-18H,1-3,6-10,12-14H2. The van der Waals surface area contributed by atoms with Gasteiger partial charge >= 0.3 is 0 Å². The Morgan fingerprint density at radius 1 is 1.03 bits per heavy atom. The van der Waals surface area contributed by atoms with Crippen molar-refractivity contribution in [2.45, 2.75) is 63.2 Å². The van der Waals surface area contributed by atoms with Crippen LogP contribution in [0.1, 0.15) is 63.5 Å². The summed E-state index contributed by atoms with van der Waals surface area (Å²) in [7, 11) is 0. The summed E-state index contributed by atoms with van der Waals surface area (Å²) in [5.41, 5.74) is 3.43. The van der Waals surface area contributed by atoms with Crippen molar-refractivity contribution in [2.24, 2.45) is 17.8 Å². The highest BCUT2D eigenvalue weighted by Gasteiger charge is 2.52. The van der Waals surface area contributed by atoms with Crippen LogP contribution in [0.4, 0.5) is 11.4 Å².